The first-order valence-electron chi connectivity index (χ1n) is 6.56. The molecule has 0 heterocycles. The smallest absolute Gasteiger partial charge is 0.269 e. The second-order valence-corrected chi connectivity index (χ2v) is 5.95. The summed E-state index contributed by atoms with van der Waals surface area (Å²) < 4.78 is 16.7. The summed E-state index contributed by atoms with van der Waals surface area (Å²) in [6, 6.07) is 12.2. The number of nitro groups is 1. The van der Waals surface area contributed by atoms with E-state index in [2.05, 4.69) is 5.32 Å². The molecule has 2 aromatic carbocycles. The fraction of sp³-hybridized carbons (Fsp3) is 0.133. The largest absolute Gasteiger partial charge is 0.484 e. The van der Waals surface area contributed by atoms with Crippen molar-refractivity contribution in [3.05, 3.63) is 58.6 Å². The zero-order valence-corrected chi connectivity index (χ0v) is 13.0. The van der Waals surface area contributed by atoms with Gasteiger partial charge in [0.15, 0.2) is 6.61 Å². The van der Waals surface area contributed by atoms with Crippen LogP contribution in [0.15, 0.2) is 53.4 Å². The number of rotatable bonds is 6. The quantitative estimate of drug-likeness (QED) is 0.646. The summed E-state index contributed by atoms with van der Waals surface area (Å²) in [5, 5.41) is 13.2. The number of hydrogen-bond donors (Lipinski definition) is 1. The number of carbonyl (C=O) groups excluding carboxylic acids is 1. The molecule has 0 aliphatic carbocycles. The van der Waals surface area contributed by atoms with E-state index in [-0.39, 0.29) is 18.2 Å². The van der Waals surface area contributed by atoms with E-state index < -0.39 is 15.7 Å². The van der Waals surface area contributed by atoms with Crippen molar-refractivity contribution in [1.29, 1.82) is 0 Å². The molecule has 2 rings (SSSR count). The molecule has 1 atom stereocenters. The van der Waals surface area contributed by atoms with Gasteiger partial charge in [0.1, 0.15) is 5.75 Å². The van der Waals surface area contributed by atoms with Crippen LogP contribution in [0.4, 0.5) is 11.4 Å². The Morgan fingerprint density at radius 2 is 1.96 bits per heavy atom. The van der Waals surface area contributed by atoms with Crippen LogP contribution in [0.5, 0.6) is 5.75 Å². The second kappa shape index (κ2) is 7.50. The lowest BCUT2D eigenvalue weighted by molar-refractivity contribution is -0.384. The number of non-ortho nitro benzene ring substituents is 1. The third-order valence-corrected chi connectivity index (χ3v) is 3.78. The van der Waals surface area contributed by atoms with Gasteiger partial charge in [-0.2, -0.15) is 0 Å². The van der Waals surface area contributed by atoms with E-state index in [4.69, 9.17) is 4.74 Å². The Kier molecular flexibility index (Phi) is 5.42. The zero-order chi connectivity index (χ0) is 16.8. The van der Waals surface area contributed by atoms with Gasteiger partial charge in [0.2, 0.25) is 0 Å². The summed E-state index contributed by atoms with van der Waals surface area (Å²) in [5.41, 5.74) is 0.473. The van der Waals surface area contributed by atoms with Crippen LogP contribution in [-0.4, -0.2) is 27.9 Å². The van der Waals surface area contributed by atoms with Crippen molar-refractivity contribution in [3.63, 3.8) is 0 Å². The molecular weight excluding hydrogens is 320 g/mol. The molecule has 7 nitrogen and oxygen atoms in total. The first-order valence-corrected chi connectivity index (χ1v) is 8.12. The van der Waals surface area contributed by atoms with E-state index in [1.807, 2.05) is 0 Å². The highest BCUT2D eigenvalue weighted by molar-refractivity contribution is 7.84. The van der Waals surface area contributed by atoms with E-state index in [9.17, 15) is 19.1 Å². The SMILES string of the molecule is C[S@](=O)c1cccc(NC(=O)COc2ccc([N+](=O)[O-])cc2)c1. The number of anilines is 1. The van der Waals surface area contributed by atoms with Gasteiger partial charge in [0, 0.05) is 39.8 Å². The van der Waals surface area contributed by atoms with Gasteiger partial charge in [0.05, 0.1) is 4.92 Å². The predicted molar refractivity (Wildman–Crippen MR) is 86.0 cm³/mol. The van der Waals surface area contributed by atoms with Crippen molar-refractivity contribution in [1.82, 2.24) is 0 Å². The van der Waals surface area contributed by atoms with Crippen molar-refractivity contribution in [2.75, 3.05) is 18.2 Å². The van der Waals surface area contributed by atoms with Gasteiger partial charge in [-0.1, -0.05) is 6.07 Å². The Morgan fingerprint density at radius 1 is 1.26 bits per heavy atom. The molecule has 0 bridgehead atoms. The highest BCUT2D eigenvalue weighted by atomic mass is 32.2. The summed E-state index contributed by atoms with van der Waals surface area (Å²) in [6.45, 7) is -0.239. The third kappa shape index (κ3) is 4.89. The van der Waals surface area contributed by atoms with Gasteiger partial charge in [-0.05, 0) is 30.3 Å². The van der Waals surface area contributed by atoms with Gasteiger partial charge >= 0.3 is 0 Å². The molecule has 0 fully saturated rings. The normalized spacial score (nSPS) is 11.5. The van der Waals surface area contributed by atoms with E-state index in [1.54, 1.807) is 30.5 Å². The maximum atomic E-state index is 11.8. The maximum Gasteiger partial charge on any atom is 0.269 e. The van der Waals surface area contributed by atoms with E-state index in [1.165, 1.54) is 24.3 Å². The Morgan fingerprint density at radius 3 is 2.57 bits per heavy atom. The molecule has 0 unspecified atom stereocenters. The number of amides is 1. The number of ether oxygens (including phenoxy) is 1. The average molecular weight is 334 g/mol. The minimum absolute atomic E-state index is 0.0498. The van der Waals surface area contributed by atoms with Crippen molar-refractivity contribution >= 4 is 28.1 Å². The molecular formula is C15H14N2O5S. The van der Waals surface area contributed by atoms with Crippen LogP contribution >= 0.6 is 0 Å². The zero-order valence-electron chi connectivity index (χ0n) is 12.2. The van der Waals surface area contributed by atoms with E-state index >= 15 is 0 Å². The summed E-state index contributed by atoms with van der Waals surface area (Å²) in [4.78, 5) is 22.5. The molecule has 23 heavy (non-hydrogen) atoms. The number of nitrogens with zero attached hydrogens (tertiary/aromatic N) is 1. The Hall–Kier alpha value is -2.74. The van der Waals surface area contributed by atoms with Gasteiger partial charge in [-0.3, -0.25) is 19.1 Å². The molecule has 0 saturated carbocycles. The molecule has 0 radical (unpaired) electrons. The molecule has 1 amide bonds. The standard InChI is InChI=1S/C15H14N2O5S/c1-23(21)14-4-2-3-11(9-14)16-15(18)10-22-13-7-5-12(6-8-13)17(19)20/h2-9H,10H2,1H3,(H,16,18)/t23-/m0/s1. The molecule has 0 aromatic heterocycles. The molecule has 2 aromatic rings. The Bertz CT molecular complexity index is 746. The lowest BCUT2D eigenvalue weighted by Gasteiger charge is -2.08. The van der Waals surface area contributed by atoms with Gasteiger partial charge in [-0.15, -0.1) is 0 Å². The first kappa shape index (κ1) is 16.6. The molecule has 0 saturated heterocycles. The third-order valence-electron chi connectivity index (χ3n) is 2.87. The number of nitrogens with one attached hydrogen (secondary N) is 1. The number of benzene rings is 2. The van der Waals surface area contributed by atoms with Crippen LogP contribution in [0.25, 0.3) is 0 Å². The van der Waals surface area contributed by atoms with Crippen LogP contribution in [0.1, 0.15) is 0 Å². The van der Waals surface area contributed by atoms with Crippen LogP contribution < -0.4 is 10.1 Å². The average Bonchev–Trinajstić information content (AvgIpc) is 2.53. The molecule has 1 N–H and O–H groups in total. The topological polar surface area (TPSA) is 98.5 Å². The van der Waals surface area contributed by atoms with Crippen molar-refractivity contribution in [3.8, 4) is 5.75 Å². The van der Waals surface area contributed by atoms with Crippen LogP contribution in [0.2, 0.25) is 0 Å². The molecule has 0 spiro atoms. The fourth-order valence-electron chi connectivity index (χ4n) is 1.76. The van der Waals surface area contributed by atoms with Crippen LogP contribution in [-0.2, 0) is 15.6 Å². The lowest BCUT2D eigenvalue weighted by Crippen LogP contribution is -2.20. The fourth-order valence-corrected chi connectivity index (χ4v) is 2.33. The Balaban J connectivity index is 1.91. The highest BCUT2D eigenvalue weighted by Gasteiger charge is 2.07. The van der Waals surface area contributed by atoms with E-state index in [0.29, 0.717) is 16.3 Å². The van der Waals surface area contributed by atoms with Crippen LogP contribution in [0.3, 0.4) is 0 Å². The first-order chi connectivity index (χ1) is 11.0. The summed E-state index contributed by atoms with van der Waals surface area (Å²) >= 11 is 0. The molecule has 0 aliphatic heterocycles. The van der Waals surface area contributed by atoms with Gasteiger partial charge in [-0.25, -0.2) is 0 Å². The number of nitro benzene ring substituents is 1. The molecule has 0 aliphatic rings. The lowest BCUT2D eigenvalue weighted by atomic mass is 10.3. The van der Waals surface area contributed by atoms with Crippen molar-refractivity contribution in [2.45, 2.75) is 4.90 Å². The minimum Gasteiger partial charge on any atom is -0.484 e. The Labute approximate surface area is 134 Å². The summed E-state index contributed by atoms with van der Waals surface area (Å²) in [7, 11) is -1.13. The highest BCUT2D eigenvalue weighted by Crippen LogP contribution is 2.17. The van der Waals surface area contributed by atoms with Crippen molar-refractivity contribution in [2.24, 2.45) is 0 Å². The minimum atomic E-state index is -1.13. The van der Waals surface area contributed by atoms with Crippen LogP contribution in [0, 0.1) is 10.1 Å². The molecule has 8 heteroatoms. The molecule has 120 valence electrons. The summed E-state index contributed by atoms with van der Waals surface area (Å²) in [6.07, 6.45) is 1.55. The maximum absolute atomic E-state index is 11.8. The monoisotopic (exact) mass is 334 g/mol. The predicted octanol–water partition coefficient (Wildman–Crippen LogP) is 2.35. The van der Waals surface area contributed by atoms with Crippen molar-refractivity contribution < 1.29 is 18.7 Å². The second-order valence-electron chi connectivity index (χ2n) is 4.57. The summed E-state index contributed by atoms with van der Waals surface area (Å²) in [5.74, 6) is -0.0310. The van der Waals surface area contributed by atoms with E-state index in [0.717, 1.165) is 0 Å². The number of carbonyl (C=O) groups is 1. The van der Waals surface area contributed by atoms with Gasteiger partial charge in [0.25, 0.3) is 11.6 Å². The van der Waals surface area contributed by atoms with Gasteiger partial charge < -0.3 is 10.1 Å². The number of hydrogen-bond acceptors (Lipinski definition) is 5.